The second-order valence-corrected chi connectivity index (χ2v) is 6.19. The minimum absolute atomic E-state index is 0.0851. The van der Waals surface area contributed by atoms with Crippen molar-refractivity contribution >= 4 is 11.6 Å². The number of hydrogen-bond acceptors (Lipinski definition) is 5. The van der Waals surface area contributed by atoms with Crippen LogP contribution in [0.15, 0.2) is 66.9 Å². The van der Waals surface area contributed by atoms with Gasteiger partial charge in [0.2, 0.25) is 5.88 Å². The van der Waals surface area contributed by atoms with Crippen LogP contribution < -0.4 is 10.1 Å². The van der Waals surface area contributed by atoms with Crippen molar-refractivity contribution in [3.05, 3.63) is 78.0 Å². The number of methoxy groups -OCH3 is 1. The molecule has 7 heteroatoms. The first-order valence-corrected chi connectivity index (χ1v) is 8.70. The Morgan fingerprint density at radius 1 is 1.14 bits per heavy atom. The highest BCUT2D eigenvalue weighted by atomic mass is 16.5. The summed E-state index contributed by atoms with van der Waals surface area (Å²) in [6, 6.07) is 18.4. The van der Waals surface area contributed by atoms with Gasteiger partial charge in [-0.05, 0) is 17.7 Å². The molecule has 2 N–H and O–H groups in total. The summed E-state index contributed by atoms with van der Waals surface area (Å²) in [4.78, 5) is 17.2. The standard InChI is InChI=1S/C21H18N4O3/c1-28-16-9-7-14(8-10-16)12-22-21(27)17-13-23-25-19(26)11-18(24-20(17)25)15-5-3-2-4-6-15/h2-11,13,26H,12H2,1H3,(H,22,27). The molecule has 0 saturated heterocycles. The van der Waals surface area contributed by atoms with Crippen molar-refractivity contribution in [3.63, 3.8) is 0 Å². The summed E-state index contributed by atoms with van der Waals surface area (Å²) in [5.74, 6) is 0.354. The molecule has 1 amide bonds. The topological polar surface area (TPSA) is 88.8 Å². The molecule has 4 aromatic rings. The monoisotopic (exact) mass is 374 g/mol. The van der Waals surface area contributed by atoms with Crippen LogP contribution in [0.3, 0.4) is 0 Å². The average Bonchev–Trinajstić information content (AvgIpc) is 3.18. The molecule has 0 bridgehead atoms. The number of fused-ring (bicyclic) bond motifs is 1. The maximum absolute atomic E-state index is 12.7. The number of hydrogen-bond donors (Lipinski definition) is 2. The number of carbonyl (C=O) groups excluding carboxylic acids is 1. The van der Waals surface area contributed by atoms with Gasteiger partial charge in [-0.15, -0.1) is 0 Å². The van der Waals surface area contributed by atoms with Gasteiger partial charge in [0.25, 0.3) is 5.91 Å². The van der Waals surface area contributed by atoms with E-state index in [-0.39, 0.29) is 11.8 Å². The highest BCUT2D eigenvalue weighted by Gasteiger charge is 2.17. The number of nitrogens with zero attached hydrogens (tertiary/aromatic N) is 3. The first-order chi connectivity index (χ1) is 13.7. The highest BCUT2D eigenvalue weighted by Crippen LogP contribution is 2.24. The summed E-state index contributed by atoms with van der Waals surface area (Å²) in [5.41, 5.74) is 2.93. The molecule has 0 aliphatic rings. The molecule has 0 aliphatic carbocycles. The molecule has 4 rings (SSSR count). The molecule has 0 radical (unpaired) electrons. The molecule has 0 aliphatic heterocycles. The molecular weight excluding hydrogens is 356 g/mol. The van der Waals surface area contributed by atoms with Crippen molar-refractivity contribution in [1.29, 1.82) is 0 Å². The van der Waals surface area contributed by atoms with Crippen LogP contribution in [0.4, 0.5) is 0 Å². The van der Waals surface area contributed by atoms with Crippen molar-refractivity contribution in [2.75, 3.05) is 7.11 Å². The molecule has 140 valence electrons. The molecule has 2 heterocycles. The van der Waals surface area contributed by atoms with E-state index >= 15 is 0 Å². The molecule has 0 atom stereocenters. The molecule has 0 spiro atoms. The molecule has 0 fully saturated rings. The van der Waals surface area contributed by atoms with Crippen molar-refractivity contribution in [2.45, 2.75) is 6.54 Å². The Balaban J connectivity index is 1.60. The first kappa shape index (κ1) is 17.5. The van der Waals surface area contributed by atoms with Crippen LogP contribution in [-0.2, 0) is 6.54 Å². The molecule has 28 heavy (non-hydrogen) atoms. The number of aromatic hydroxyl groups is 1. The molecule has 2 aromatic heterocycles. The summed E-state index contributed by atoms with van der Waals surface area (Å²) >= 11 is 0. The van der Waals surface area contributed by atoms with Crippen LogP contribution in [0.5, 0.6) is 11.6 Å². The SMILES string of the molecule is COc1ccc(CNC(=O)c2cnn3c(O)cc(-c4ccccc4)nc23)cc1. The van der Waals surface area contributed by atoms with E-state index in [0.717, 1.165) is 16.9 Å². The predicted molar refractivity (Wildman–Crippen MR) is 104 cm³/mol. The third-order valence-corrected chi connectivity index (χ3v) is 4.38. The Morgan fingerprint density at radius 3 is 2.61 bits per heavy atom. The second-order valence-electron chi connectivity index (χ2n) is 6.19. The average molecular weight is 374 g/mol. The Kier molecular flexibility index (Phi) is 4.63. The maximum atomic E-state index is 12.7. The van der Waals surface area contributed by atoms with E-state index in [0.29, 0.717) is 23.4 Å². The lowest BCUT2D eigenvalue weighted by molar-refractivity contribution is 0.0952. The number of benzene rings is 2. The van der Waals surface area contributed by atoms with Crippen molar-refractivity contribution in [1.82, 2.24) is 19.9 Å². The number of ether oxygens (including phenoxy) is 1. The van der Waals surface area contributed by atoms with Crippen LogP contribution in [0.1, 0.15) is 15.9 Å². The zero-order chi connectivity index (χ0) is 19.5. The van der Waals surface area contributed by atoms with Gasteiger partial charge in [-0.1, -0.05) is 42.5 Å². The summed E-state index contributed by atoms with van der Waals surface area (Å²) in [6.45, 7) is 0.352. The van der Waals surface area contributed by atoms with E-state index < -0.39 is 0 Å². The third kappa shape index (κ3) is 3.37. The fourth-order valence-electron chi connectivity index (χ4n) is 2.88. The normalized spacial score (nSPS) is 10.8. The molecule has 0 unspecified atom stereocenters. The van der Waals surface area contributed by atoms with Crippen LogP contribution in [0, 0.1) is 0 Å². The summed E-state index contributed by atoms with van der Waals surface area (Å²) in [6.07, 6.45) is 1.40. The van der Waals surface area contributed by atoms with E-state index in [4.69, 9.17) is 4.74 Å². The van der Waals surface area contributed by atoms with Crippen LogP contribution in [-0.4, -0.2) is 32.7 Å². The maximum Gasteiger partial charge on any atom is 0.257 e. The predicted octanol–water partition coefficient (Wildman–Crippen LogP) is 3.04. The molecule has 0 saturated carbocycles. The lowest BCUT2D eigenvalue weighted by atomic mass is 10.1. The van der Waals surface area contributed by atoms with E-state index in [1.54, 1.807) is 7.11 Å². The zero-order valence-electron chi connectivity index (χ0n) is 15.2. The summed E-state index contributed by atoms with van der Waals surface area (Å²) < 4.78 is 6.38. The van der Waals surface area contributed by atoms with Crippen LogP contribution in [0.2, 0.25) is 0 Å². The summed E-state index contributed by atoms with van der Waals surface area (Å²) in [7, 11) is 1.61. The number of nitrogens with one attached hydrogen (secondary N) is 1. The highest BCUT2D eigenvalue weighted by molar-refractivity contribution is 5.99. The van der Waals surface area contributed by atoms with Gasteiger partial charge in [0.05, 0.1) is 19.0 Å². The Labute approximate surface area is 161 Å². The number of rotatable bonds is 5. The third-order valence-electron chi connectivity index (χ3n) is 4.38. The van der Waals surface area contributed by atoms with E-state index in [2.05, 4.69) is 15.4 Å². The number of carbonyl (C=O) groups is 1. The van der Waals surface area contributed by atoms with E-state index in [9.17, 15) is 9.90 Å². The van der Waals surface area contributed by atoms with Gasteiger partial charge in [0.15, 0.2) is 5.65 Å². The van der Waals surface area contributed by atoms with Gasteiger partial charge >= 0.3 is 0 Å². The Hall–Kier alpha value is -3.87. The van der Waals surface area contributed by atoms with Gasteiger partial charge in [-0.25, -0.2) is 4.98 Å². The Morgan fingerprint density at radius 2 is 1.89 bits per heavy atom. The van der Waals surface area contributed by atoms with E-state index in [1.165, 1.54) is 16.8 Å². The number of aromatic nitrogens is 3. The Bertz CT molecular complexity index is 1120. The van der Waals surface area contributed by atoms with Crippen LogP contribution >= 0.6 is 0 Å². The first-order valence-electron chi connectivity index (χ1n) is 8.70. The number of amides is 1. The second kappa shape index (κ2) is 7.40. The quantitative estimate of drug-likeness (QED) is 0.561. The van der Waals surface area contributed by atoms with Gasteiger partial charge < -0.3 is 15.2 Å². The molecule has 2 aromatic carbocycles. The minimum Gasteiger partial charge on any atom is -0.497 e. The molecule has 7 nitrogen and oxygen atoms in total. The van der Waals surface area contributed by atoms with Crippen molar-refractivity contribution in [2.24, 2.45) is 0 Å². The summed E-state index contributed by atoms with van der Waals surface area (Å²) in [5, 5.41) is 17.2. The van der Waals surface area contributed by atoms with Crippen molar-refractivity contribution in [3.8, 4) is 22.9 Å². The van der Waals surface area contributed by atoms with Gasteiger partial charge in [0.1, 0.15) is 11.3 Å². The van der Waals surface area contributed by atoms with E-state index in [1.807, 2.05) is 54.6 Å². The van der Waals surface area contributed by atoms with Gasteiger partial charge in [-0.2, -0.15) is 9.61 Å². The fourth-order valence-corrected chi connectivity index (χ4v) is 2.88. The molecular formula is C21H18N4O3. The van der Waals surface area contributed by atoms with Crippen LogP contribution in [0.25, 0.3) is 16.9 Å². The van der Waals surface area contributed by atoms with Gasteiger partial charge in [-0.3, -0.25) is 4.79 Å². The van der Waals surface area contributed by atoms with Gasteiger partial charge in [0, 0.05) is 18.2 Å². The minimum atomic E-state index is -0.317. The fraction of sp³-hybridized carbons (Fsp3) is 0.0952. The van der Waals surface area contributed by atoms with Crippen molar-refractivity contribution < 1.29 is 14.6 Å². The lowest BCUT2D eigenvalue weighted by Gasteiger charge is -2.07. The zero-order valence-corrected chi connectivity index (χ0v) is 15.2. The lowest BCUT2D eigenvalue weighted by Crippen LogP contribution is -2.22. The smallest absolute Gasteiger partial charge is 0.257 e. The largest absolute Gasteiger partial charge is 0.497 e.